The van der Waals surface area contributed by atoms with Gasteiger partial charge in [-0.25, -0.2) is 0 Å². The lowest BCUT2D eigenvalue weighted by Gasteiger charge is -2.41. The van der Waals surface area contributed by atoms with Gasteiger partial charge >= 0.3 is 0 Å². The van der Waals surface area contributed by atoms with Gasteiger partial charge in [0.1, 0.15) is 0 Å². The zero-order chi connectivity index (χ0) is 12.8. The zero-order valence-electron chi connectivity index (χ0n) is 12.4. The van der Waals surface area contributed by atoms with E-state index in [0.717, 1.165) is 18.5 Å². The minimum absolute atomic E-state index is 0.685. The lowest BCUT2D eigenvalue weighted by atomic mass is 9.80. The molecule has 1 N–H and O–H groups in total. The van der Waals surface area contributed by atoms with Crippen molar-refractivity contribution < 1.29 is 0 Å². The molecule has 1 aliphatic rings. The number of likely N-dealkylation sites (N-methyl/N-ethyl adjacent to an activating group) is 3. The fourth-order valence-electron chi connectivity index (χ4n) is 2.95. The molecule has 0 aromatic carbocycles. The molecule has 0 saturated heterocycles. The third-order valence-corrected chi connectivity index (χ3v) is 4.34. The van der Waals surface area contributed by atoms with Gasteiger partial charge in [-0.05, 0) is 53.4 Å². The highest BCUT2D eigenvalue weighted by Crippen LogP contribution is 2.29. The molecule has 3 unspecified atom stereocenters. The molecule has 1 aliphatic carbocycles. The average Bonchev–Trinajstić information content (AvgIpc) is 2.34. The molecule has 0 aliphatic heterocycles. The molecular formula is C14H31N3. The van der Waals surface area contributed by atoms with Crippen molar-refractivity contribution in [1.82, 2.24) is 15.1 Å². The van der Waals surface area contributed by atoms with E-state index in [1.54, 1.807) is 0 Å². The van der Waals surface area contributed by atoms with Gasteiger partial charge in [-0.2, -0.15) is 0 Å². The summed E-state index contributed by atoms with van der Waals surface area (Å²) in [5.74, 6) is 0.936. The first kappa shape index (κ1) is 14.9. The molecule has 0 radical (unpaired) electrons. The van der Waals surface area contributed by atoms with E-state index in [1.165, 1.54) is 32.2 Å². The average molecular weight is 241 g/mol. The Kier molecular flexibility index (Phi) is 6.45. The number of nitrogens with one attached hydrogen (secondary N) is 1. The summed E-state index contributed by atoms with van der Waals surface area (Å²) < 4.78 is 0. The molecule has 1 saturated carbocycles. The van der Waals surface area contributed by atoms with E-state index in [1.807, 2.05) is 0 Å². The Morgan fingerprint density at radius 3 is 2.35 bits per heavy atom. The van der Waals surface area contributed by atoms with Crippen molar-refractivity contribution in [1.29, 1.82) is 0 Å². The topological polar surface area (TPSA) is 18.5 Å². The van der Waals surface area contributed by atoms with Crippen molar-refractivity contribution in [3.05, 3.63) is 0 Å². The minimum Gasteiger partial charge on any atom is -0.315 e. The van der Waals surface area contributed by atoms with Gasteiger partial charge in [0.2, 0.25) is 0 Å². The highest BCUT2D eigenvalue weighted by Gasteiger charge is 2.31. The van der Waals surface area contributed by atoms with Crippen molar-refractivity contribution in [3.8, 4) is 0 Å². The van der Waals surface area contributed by atoms with Gasteiger partial charge in [-0.15, -0.1) is 0 Å². The normalized spacial score (nSPS) is 30.2. The van der Waals surface area contributed by atoms with Crippen LogP contribution in [0.25, 0.3) is 0 Å². The minimum atomic E-state index is 0.685. The second-order valence-corrected chi connectivity index (χ2v) is 5.83. The van der Waals surface area contributed by atoms with Gasteiger partial charge in [0.05, 0.1) is 0 Å². The summed E-state index contributed by atoms with van der Waals surface area (Å²) in [5.41, 5.74) is 0. The molecule has 3 heteroatoms. The highest BCUT2D eigenvalue weighted by atomic mass is 15.2. The van der Waals surface area contributed by atoms with E-state index >= 15 is 0 Å². The molecule has 0 amide bonds. The van der Waals surface area contributed by atoms with Crippen molar-refractivity contribution in [2.45, 2.75) is 44.7 Å². The first-order chi connectivity index (χ1) is 8.08. The highest BCUT2D eigenvalue weighted by molar-refractivity contribution is 4.89. The van der Waals surface area contributed by atoms with Gasteiger partial charge in [0, 0.05) is 25.2 Å². The Morgan fingerprint density at radius 1 is 1.12 bits per heavy atom. The van der Waals surface area contributed by atoms with E-state index in [-0.39, 0.29) is 0 Å². The molecule has 0 aromatic heterocycles. The smallest absolute Gasteiger partial charge is 0.0249 e. The SMILES string of the molecule is CCC1CCC(NC)C(N(C)CCN(C)C)C1. The fraction of sp³-hybridized carbons (Fsp3) is 1.00. The number of hydrogen-bond acceptors (Lipinski definition) is 3. The third-order valence-electron chi connectivity index (χ3n) is 4.34. The summed E-state index contributed by atoms with van der Waals surface area (Å²) in [5, 5.41) is 3.51. The second kappa shape index (κ2) is 7.34. The maximum absolute atomic E-state index is 3.51. The third kappa shape index (κ3) is 4.57. The number of rotatable bonds is 6. The summed E-state index contributed by atoms with van der Waals surface area (Å²) >= 11 is 0. The van der Waals surface area contributed by atoms with Gasteiger partial charge in [-0.3, -0.25) is 0 Å². The van der Waals surface area contributed by atoms with Crippen LogP contribution in [0.15, 0.2) is 0 Å². The quantitative estimate of drug-likeness (QED) is 0.763. The summed E-state index contributed by atoms with van der Waals surface area (Å²) in [6, 6.07) is 1.41. The van der Waals surface area contributed by atoms with Crippen molar-refractivity contribution >= 4 is 0 Å². The van der Waals surface area contributed by atoms with Crippen LogP contribution in [0.3, 0.4) is 0 Å². The van der Waals surface area contributed by atoms with E-state index in [2.05, 4.69) is 50.2 Å². The Hall–Kier alpha value is -0.120. The van der Waals surface area contributed by atoms with Crippen LogP contribution < -0.4 is 5.32 Å². The molecule has 3 nitrogen and oxygen atoms in total. The monoisotopic (exact) mass is 241 g/mol. The molecule has 3 atom stereocenters. The standard InChI is InChI=1S/C14H31N3/c1-6-12-7-8-13(15-2)14(11-12)17(5)10-9-16(3)4/h12-15H,6-11H2,1-5H3. The second-order valence-electron chi connectivity index (χ2n) is 5.83. The summed E-state index contributed by atoms with van der Waals surface area (Å²) in [7, 11) is 8.71. The Bertz CT molecular complexity index is 206. The van der Waals surface area contributed by atoms with E-state index in [4.69, 9.17) is 0 Å². The predicted molar refractivity (Wildman–Crippen MR) is 75.5 cm³/mol. The zero-order valence-corrected chi connectivity index (χ0v) is 12.4. The maximum Gasteiger partial charge on any atom is 0.0249 e. The van der Waals surface area contributed by atoms with Crippen LogP contribution in [-0.4, -0.2) is 63.2 Å². The van der Waals surface area contributed by atoms with Crippen LogP contribution in [-0.2, 0) is 0 Å². The van der Waals surface area contributed by atoms with Gasteiger partial charge < -0.3 is 15.1 Å². The van der Waals surface area contributed by atoms with Crippen LogP contribution in [0.4, 0.5) is 0 Å². The lowest BCUT2D eigenvalue weighted by Crippen LogP contribution is -2.52. The molecule has 1 rings (SSSR count). The van der Waals surface area contributed by atoms with E-state index in [9.17, 15) is 0 Å². The van der Waals surface area contributed by atoms with Crippen molar-refractivity contribution in [2.75, 3.05) is 41.3 Å². The van der Waals surface area contributed by atoms with Gasteiger partial charge in [0.25, 0.3) is 0 Å². The Balaban J connectivity index is 2.49. The molecule has 0 bridgehead atoms. The van der Waals surface area contributed by atoms with Crippen LogP contribution >= 0.6 is 0 Å². The van der Waals surface area contributed by atoms with Crippen LogP contribution in [0, 0.1) is 5.92 Å². The van der Waals surface area contributed by atoms with Crippen molar-refractivity contribution in [3.63, 3.8) is 0 Å². The first-order valence-corrected chi connectivity index (χ1v) is 7.10. The number of nitrogens with zero attached hydrogens (tertiary/aromatic N) is 2. The molecule has 1 fully saturated rings. The van der Waals surface area contributed by atoms with Crippen molar-refractivity contribution in [2.24, 2.45) is 5.92 Å². The molecule has 102 valence electrons. The predicted octanol–water partition coefficient (Wildman–Crippen LogP) is 1.65. The van der Waals surface area contributed by atoms with Crippen LogP contribution in [0.2, 0.25) is 0 Å². The fourth-order valence-corrected chi connectivity index (χ4v) is 2.95. The van der Waals surface area contributed by atoms with E-state index < -0.39 is 0 Å². The molecule has 17 heavy (non-hydrogen) atoms. The number of hydrogen-bond donors (Lipinski definition) is 1. The Morgan fingerprint density at radius 2 is 1.82 bits per heavy atom. The molecule has 0 heterocycles. The summed E-state index contributed by atoms with van der Waals surface area (Å²) in [6.45, 7) is 4.66. The largest absolute Gasteiger partial charge is 0.315 e. The molecule has 0 spiro atoms. The summed E-state index contributed by atoms with van der Waals surface area (Å²) in [6.07, 6.45) is 5.45. The van der Waals surface area contributed by atoms with Gasteiger partial charge in [0.15, 0.2) is 0 Å². The molecule has 0 aromatic rings. The first-order valence-electron chi connectivity index (χ1n) is 7.10. The van der Waals surface area contributed by atoms with Gasteiger partial charge in [-0.1, -0.05) is 13.3 Å². The molecular weight excluding hydrogens is 210 g/mol. The van der Waals surface area contributed by atoms with E-state index in [0.29, 0.717) is 6.04 Å². The van der Waals surface area contributed by atoms with Crippen LogP contribution in [0.5, 0.6) is 0 Å². The summed E-state index contributed by atoms with van der Waals surface area (Å²) in [4.78, 5) is 4.83. The maximum atomic E-state index is 3.51. The lowest BCUT2D eigenvalue weighted by molar-refractivity contribution is 0.115. The Labute approximate surface area is 108 Å². The van der Waals surface area contributed by atoms with Crippen LogP contribution in [0.1, 0.15) is 32.6 Å².